The Hall–Kier alpha value is -2.03. The van der Waals surface area contributed by atoms with Crippen molar-refractivity contribution in [2.45, 2.75) is 19.8 Å². The molecule has 2 aromatic carbocycles. The van der Waals surface area contributed by atoms with Crippen molar-refractivity contribution in [3.8, 4) is 0 Å². The number of benzene rings is 2. The second kappa shape index (κ2) is 5.74. The van der Waals surface area contributed by atoms with Crippen molar-refractivity contribution in [2.75, 3.05) is 0 Å². The van der Waals surface area contributed by atoms with E-state index in [0.717, 1.165) is 17.2 Å². The molecule has 0 aliphatic heterocycles. The highest BCUT2D eigenvalue weighted by Crippen LogP contribution is 2.15. The molecule has 0 heterocycles. The van der Waals surface area contributed by atoms with Crippen LogP contribution in [0.25, 0.3) is 0 Å². The number of Topliss-reactive ketones (excluding diaryl/α,β-unsaturated/α-hetero) is 1. The minimum atomic E-state index is -1.06. The van der Waals surface area contributed by atoms with Crippen molar-refractivity contribution >= 4 is 5.78 Å². The minimum absolute atomic E-state index is 0.170. The Labute approximate surface area is 110 Å². The molecule has 0 unspecified atom stereocenters. The molecular formula is C16H14F2O. The van der Waals surface area contributed by atoms with Gasteiger partial charge in [-0.3, -0.25) is 4.79 Å². The third-order valence-electron chi connectivity index (χ3n) is 2.98. The van der Waals surface area contributed by atoms with Crippen LogP contribution in [-0.4, -0.2) is 5.78 Å². The minimum Gasteiger partial charge on any atom is -0.294 e. The number of aryl methyl sites for hydroxylation is 2. The van der Waals surface area contributed by atoms with Gasteiger partial charge in [0.1, 0.15) is 0 Å². The molecule has 0 saturated heterocycles. The zero-order chi connectivity index (χ0) is 13.8. The molecule has 0 N–H and O–H groups in total. The van der Waals surface area contributed by atoms with Crippen LogP contribution in [0.5, 0.6) is 0 Å². The van der Waals surface area contributed by atoms with Gasteiger partial charge in [0, 0.05) is 6.42 Å². The molecule has 2 aromatic rings. The summed E-state index contributed by atoms with van der Waals surface area (Å²) in [6, 6.07) is 11.5. The highest BCUT2D eigenvalue weighted by Gasteiger charge is 2.14. The average Bonchev–Trinajstić information content (AvgIpc) is 2.39. The predicted octanol–water partition coefficient (Wildman–Crippen LogP) is 4.09. The topological polar surface area (TPSA) is 17.1 Å². The van der Waals surface area contributed by atoms with Crippen LogP contribution in [0.1, 0.15) is 27.9 Å². The van der Waals surface area contributed by atoms with Gasteiger partial charge in [0.15, 0.2) is 17.4 Å². The summed E-state index contributed by atoms with van der Waals surface area (Å²) < 4.78 is 26.5. The predicted molar refractivity (Wildman–Crippen MR) is 70.2 cm³/mol. The van der Waals surface area contributed by atoms with Crippen LogP contribution < -0.4 is 0 Å². The van der Waals surface area contributed by atoms with E-state index in [1.165, 1.54) is 12.1 Å². The van der Waals surface area contributed by atoms with Gasteiger partial charge in [-0.15, -0.1) is 0 Å². The van der Waals surface area contributed by atoms with Crippen LogP contribution in [-0.2, 0) is 6.42 Å². The number of hydrogen-bond donors (Lipinski definition) is 0. The summed E-state index contributed by atoms with van der Waals surface area (Å²) >= 11 is 0. The first-order valence-electron chi connectivity index (χ1n) is 6.10. The lowest BCUT2D eigenvalue weighted by atomic mass is 10.0. The summed E-state index contributed by atoms with van der Waals surface area (Å²) in [4.78, 5) is 11.9. The first-order valence-corrected chi connectivity index (χ1v) is 6.10. The van der Waals surface area contributed by atoms with Crippen LogP contribution in [0.4, 0.5) is 8.78 Å². The Morgan fingerprint density at radius 3 is 2.58 bits per heavy atom. The lowest BCUT2D eigenvalue weighted by Crippen LogP contribution is -2.05. The molecule has 2 rings (SSSR count). The van der Waals surface area contributed by atoms with Gasteiger partial charge in [-0.1, -0.05) is 35.9 Å². The van der Waals surface area contributed by atoms with E-state index in [-0.39, 0.29) is 17.8 Å². The van der Waals surface area contributed by atoms with Gasteiger partial charge in [0.25, 0.3) is 0 Å². The lowest BCUT2D eigenvalue weighted by Gasteiger charge is -2.04. The van der Waals surface area contributed by atoms with Crippen molar-refractivity contribution in [3.63, 3.8) is 0 Å². The molecule has 0 aliphatic carbocycles. The van der Waals surface area contributed by atoms with E-state index in [0.29, 0.717) is 6.42 Å². The normalized spacial score (nSPS) is 10.5. The van der Waals surface area contributed by atoms with Crippen LogP contribution >= 0.6 is 0 Å². The maximum Gasteiger partial charge on any atom is 0.169 e. The van der Waals surface area contributed by atoms with Gasteiger partial charge < -0.3 is 0 Å². The fourth-order valence-corrected chi connectivity index (χ4v) is 1.98. The maximum atomic E-state index is 13.4. The van der Waals surface area contributed by atoms with Gasteiger partial charge in [-0.25, -0.2) is 8.78 Å². The molecule has 0 fully saturated rings. The summed E-state index contributed by atoms with van der Waals surface area (Å²) in [5.74, 6) is -2.42. The monoisotopic (exact) mass is 260 g/mol. The van der Waals surface area contributed by atoms with Gasteiger partial charge in [0.05, 0.1) is 5.56 Å². The van der Waals surface area contributed by atoms with E-state index in [1.807, 2.05) is 31.2 Å². The van der Waals surface area contributed by atoms with Gasteiger partial charge in [-0.05, 0) is 31.0 Å². The molecule has 1 nitrogen and oxygen atoms in total. The third-order valence-corrected chi connectivity index (χ3v) is 2.98. The quantitative estimate of drug-likeness (QED) is 0.757. The van der Waals surface area contributed by atoms with Crippen molar-refractivity contribution < 1.29 is 13.6 Å². The molecule has 0 bridgehead atoms. The Kier molecular flexibility index (Phi) is 4.05. The fraction of sp³-hybridized carbons (Fsp3) is 0.188. The van der Waals surface area contributed by atoms with Crippen molar-refractivity contribution in [1.82, 2.24) is 0 Å². The van der Waals surface area contributed by atoms with E-state index < -0.39 is 11.6 Å². The zero-order valence-corrected chi connectivity index (χ0v) is 10.6. The molecule has 19 heavy (non-hydrogen) atoms. The van der Waals surface area contributed by atoms with E-state index in [2.05, 4.69) is 0 Å². The van der Waals surface area contributed by atoms with Crippen LogP contribution in [0.2, 0.25) is 0 Å². The molecule has 0 amide bonds. The van der Waals surface area contributed by atoms with Crippen LogP contribution in [0.3, 0.4) is 0 Å². The fourth-order valence-electron chi connectivity index (χ4n) is 1.98. The van der Waals surface area contributed by atoms with Crippen LogP contribution in [0.15, 0.2) is 42.5 Å². The number of carbonyl (C=O) groups is 1. The molecule has 0 aromatic heterocycles. The number of ketones is 1. The number of hydrogen-bond acceptors (Lipinski definition) is 1. The summed E-state index contributed by atoms with van der Waals surface area (Å²) in [5.41, 5.74) is 1.96. The lowest BCUT2D eigenvalue weighted by molar-refractivity contribution is 0.0978. The number of carbonyl (C=O) groups excluding carboxylic acids is 1. The molecule has 0 atom stereocenters. The second-order valence-corrected chi connectivity index (χ2v) is 4.51. The Bertz CT molecular complexity index is 605. The number of halogens is 2. The van der Waals surface area contributed by atoms with Crippen molar-refractivity contribution in [3.05, 3.63) is 70.8 Å². The average molecular weight is 260 g/mol. The first-order chi connectivity index (χ1) is 9.08. The van der Waals surface area contributed by atoms with Gasteiger partial charge >= 0.3 is 0 Å². The van der Waals surface area contributed by atoms with Crippen LogP contribution in [0, 0.1) is 18.6 Å². The summed E-state index contributed by atoms with van der Waals surface area (Å²) in [7, 11) is 0. The molecule has 0 aliphatic rings. The standard InChI is InChI=1S/C16H14F2O/c1-11-4-2-5-12(10-11)8-9-15(19)13-6-3-7-14(17)16(13)18/h2-7,10H,8-9H2,1H3. The smallest absolute Gasteiger partial charge is 0.169 e. The summed E-state index contributed by atoms with van der Waals surface area (Å²) in [6.07, 6.45) is 0.695. The molecule has 0 spiro atoms. The Morgan fingerprint density at radius 2 is 1.84 bits per heavy atom. The van der Waals surface area contributed by atoms with Crippen molar-refractivity contribution in [1.29, 1.82) is 0 Å². The highest BCUT2D eigenvalue weighted by atomic mass is 19.2. The zero-order valence-electron chi connectivity index (χ0n) is 10.6. The van der Waals surface area contributed by atoms with E-state index >= 15 is 0 Å². The van der Waals surface area contributed by atoms with E-state index in [4.69, 9.17) is 0 Å². The largest absolute Gasteiger partial charge is 0.294 e. The molecule has 0 radical (unpaired) electrons. The van der Waals surface area contributed by atoms with E-state index in [9.17, 15) is 13.6 Å². The van der Waals surface area contributed by atoms with Crippen molar-refractivity contribution in [2.24, 2.45) is 0 Å². The molecular weight excluding hydrogens is 246 g/mol. The highest BCUT2D eigenvalue weighted by molar-refractivity contribution is 5.96. The maximum absolute atomic E-state index is 13.4. The second-order valence-electron chi connectivity index (χ2n) is 4.51. The summed E-state index contributed by atoms with van der Waals surface area (Å²) in [5, 5.41) is 0. The third kappa shape index (κ3) is 3.25. The molecule has 3 heteroatoms. The molecule has 0 saturated carbocycles. The first kappa shape index (κ1) is 13.4. The SMILES string of the molecule is Cc1cccc(CCC(=O)c2cccc(F)c2F)c1. The molecule has 98 valence electrons. The Balaban J connectivity index is 2.08. The number of rotatable bonds is 4. The van der Waals surface area contributed by atoms with Gasteiger partial charge in [0.2, 0.25) is 0 Å². The summed E-state index contributed by atoms with van der Waals surface area (Å²) in [6.45, 7) is 1.97. The Morgan fingerprint density at radius 1 is 1.11 bits per heavy atom. The van der Waals surface area contributed by atoms with Gasteiger partial charge in [-0.2, -0.15) is 0 Å². The van der Waals surface area contributed by atoms with E-state index in [1.54, 1.807) is 0 Å².